The number of hydrogen-bond acceptors (Lipinski definition) is 8. The van der Waals surface area contributed by atoms with Gasteiger partial charge in [0.2, 0.25) is 5.88 Å². The molecule has 1 aliphatic rings. The van der Waals surface area contributed by atoms with Crippen molar-refractivity contribution >= 4 is 34.3 Å². The van der Waals surface area contributed by atoms with Crippen LogP contribution in [0.5, 0.6) is 5.88 Å². The quantitative estimate of drug-likeness (QED) is 0.440. The zero-order valence-electron chi connectivity index (χ0n) is 17.9. The molecular formula is C21H22FN7O4. The van der Waals surface area contributed by atoms with Gasteiger partial charge in [0, 0.05) is 19.3 Å². The van der Waals surface area contributed by atoms with Crippen LogP contribution in [0.25, 0.3) is 10.9 Å². The van der Waals surface area contributed by atoms with E-state index in [0.29, 0.717) is 24.6 Å². The van der Waals surface area contributed by atoms with Crippen LogP contribution in [0.4, 0.5) is 26.5 Å². The molecule has 0 spiro atoms. The number of benzene rings is 1. The number of nitrogens with zero attached hydrogens (tertiary/aromatic N) is 4. The number of aromatic nitrogens is 3. The number of carboxylic acid groups (broad SMARTS) is 1. The first-order chi connectivity index (χ1) is 15.9. The van der Waals surface area contributed by atoms with Gasteiger partial charge < -0.3 is 30.5 Å². The van der Waals surface area contributed by atoms with Crippen LogP contribution in [0.15, 0.2) is 24.3 Å². The monoisotopic (exact) mass is 455 g/mol. The summed E-state index contributed by atoms with van der Waals surface area (Å²) in [6, 6.07) is 7.43. The first-order valence-electron chi connectivity index (χ1n) is 10.1. The SMILES string of the molecule is COc1nn(C)c2ccc(Nc3nc(N[C@@H]4CCOC[C@@H]4NC(=O)O)c(F)cc3C#N)cc12. The van der Waals surface area contributed by atoms with Crippen molar-refractivity contribution < 1.29 is 23.8 Å². The summed E-state index contributed by atoms with van der Waals surface area (Å²) in [6.07, 6.45) is -0.749. The number of pyridine rings is 1. The summed E-state index contributed by atoms with van der Waals surface area (Å²) in [4.78, 5) is 15.4. The molecule has 11 nitrogen and oxygen atoms in total. The molecule has 3 aromatic rings. The van der Waals surface area contributed by atoms with Crippen LogP contribution in [0, 0.1) is 17.1 Å². The standard InChI is InChI=1S/C21H22FN7O4/c1-29-17-4-3-12(8-13(17)20(28-29)32-2)24-18-11(9-23)7-14(22)19(27-18)25-15-5-6-33-10-16(15)26-21(30)31/h3-4,7-8,15-16,26H,5-6,10H2,1-2H3,(H,30,31)(H2,24,25,27)/t15-,16+/m1/s1. The lowest BCUT2D eigenvalue weighted by Crippen LogP contribution is -2.52. The maximum Gasteiger partial charge on any atom is 0.405 e. The Balaban J connectivity index is 1.64. The molecule has 4 rings (SSSR count). The topological polar surface area (TPSA) is 146 Å². The van der Waals surface area contributed by atoms with Crippen molar-refractivity contribution in [2.75, 3.05) is 31.0 Å². The van der Waals surface area contributed by atoms with Crippen molar-refractivity contribution in [3.05, 3.63) is 35.6 Å². The van der Waals surface area contributed by atoms with Crippen LogP contribution in [0.3, 0.4) is 0 Å². The second-order valence-electron chi connectivity index (χ2n) is 7.49. The number of rotatable bonds is 6. The highest BCUT2D eigenvalue weighted by Gasteiger charge is 2.28. The Morgan fingerprint density at radius 1 is 1.36 bits per heavy atom. The van der Waals surface area contributed by atoms with Gasteiger partial charge in [0.1, 0.15) is 6.07 Å². The molecule has 2 aromatic heterocycles. The second-order valence-corrected chi connectivity index (χ2v) is 7.49. The highest BCUT2D eigenvalue weighted by molar-refractivity contribution is 5.88. The number of ether oxygens (including phenoxy) is 2. The Labute approximate surface area is 188 Å². The minimum atomic E-state index is -1.20. The van der Waals surface area contributed by atoms with E-state index < -0.39 is 24.0 Å². The Morgan fingerprint density at radius 2 is 2.18 bits per heavy atom. The number of hydrogen-bond donors (Lipinski definition) is 4. The highest BCUT2D eigenvalue weighted by atomic mass is 19.1. The first kappa shape index (κ1) is 22.1. The summed E-state index contributed by atoms with van der Waals surface area (Å²) in [5.41, 5.74) is 1.47. The number of methoxy groups -OCH3 is 1. The van der Waals surface area contributed by atoms with Crippen molar-refractivity contribution in [3.63, 3.8) is 0 Å². The number of nitrogens with one attached hydrogen (secondary N) is 3. The maximum absolute atomic E-state index is 14.7. The summed E-state index contributed by atoms with van der Waals surface area (Å²) in [5.74, 6) is -0.219. The molecule has 1 fully saturated rings. The highest BCUT2D eigenvalue weighted by Crippen LogP contribution is 2.30. The van der Waals surface area contributed by atoms with E-state index in [1.54, 1.807) is 23.9 Å². The molecule has 3 heterocycles. The molecule has 1 aliphatic heterocycles. The predicted molar refractivity (Wildman–Crippen MR) is 117 cm³/mol. The molecule has 1 aromatic carbocycles. The normalized spacial score (nSPS) is 17.9. The van der Waals surface area contributed by atoms with Gasteiger partial charge in [-0.3, -0.25) is 4.68 Å². The zero-order chi connectivity index (χ0) is 23.5. The summed E-state index contributed by atoms with van der Waals surface area (Å²) in [6.45, 7) is 0.547. The average molecular weight is 455 g/mol. The molecule has 0 aliphatic carbocycles. The lowest BCUT2D eigenvalue weighted by molar-refractivity contribution is 0.0625. The van der Waals surface area contributed by atoms with Crippen LogP contribution in [0.2, 0.25) is 0 Å². The van der Waals surface area contributed by atoms with E-state index in [1.807, 2.05) is 12.1 Å². The van der Waals surface area contributed by atoms with Crippen molar-refractivity contribution in [3.8, 4) is 11.9 Å². The number of fused-ring (bicyclic) bond motifs is 1. The zero-order valence-corrected chi connectivity index (χ0v) is 17.9. The van der Waals surface area contributed by atoms with E-state index in [0.717, 1.165) is 17.0 Å². The van der Waals surface area contributed by atoms with Crippen LogP contribution in [0.1, 0.15) is 12.0 Å². The van der Waals surface area contributed by atoms with E-state index in [1.165, 1.54) is 7.11 Å². The average Bonchev–Trinajstić information content (AvgIpc) is 3.11. The third kappa shape index (κ3) is 4.58. The molecule has 0 radical (unpaired) electrons. The molecule has 0 unspecified atom stereocenters. The fraction of sp³-hybridized carbons (Fsp3) is 0.333. The van der Waals surface area contributed by atoms with Crippen molar-refractivity contribution in [1.29, 1.82) is 5.26 Å². The minimum absolute atomic E-state index is 0.0171. The fourth-order valence-corrected chi connectivity index (χ4v) is 3.76. The Kier molecular flexibility index (Phi) is 6.14. The summed E-state index contributed by atoms with van der Waals surface area (Å²) >= 11 is 0. The lowest BCUT2D eigenvalue weighted by Gasteiger charge is -2.32. The molecule has 2 atom stereocenters. The number of halogens is 1. The molecule has 0 bridgehead atoms. The van der Waals surface area contributed by atoms with Gasteiger partial charge in [-0.1, -0.05) is 0 Å². The second kappa shape index (κ2) is 9.17. The number of anilines is 3. The molecular weight excluding hydrogens is 433 g/mol. The van der Waals surface area contributed by atoms with Crippen molar-refractivity contribution in [1.82, 2.24) is 20.1 Å². The molecule has 1 saturated heterocycles. The number of carbonyl (C=O) groups is 1. The van der Waals surface area contributed by atoms with Gasteiger partial charge in [-0.2, -0.15) is 5.26 Å². The maximum atomic E-state index is 14.7. The number of amides is 1. The van der Waals surface area contributed by atoms with E-state index in [9.17, 15) is 14.4 Å². The van der Waals surface area contributed by atoms with Gasteiger partial charge in [0.25, 0.3) is 0 Å². The number of aryl methyl sites for hydroxylation is 1. The molecule has 33 heavy (non-hydrogen) atoms. The largest absolute Gasteiger partial charge is 0.479 e. The summed E-state index contributed by atoms with van der Waals surface area (Å²) < 4.78 is 27.0. The molecule has 12 heteroatoms. The van der Waals surface area contributed by atoms with Gasteiger partial charge in [-0.25, -0.2) is 14.2 Å². The molecule has 0 saturated carbocycles. The summed E-state index contributed by atoms with van der Waals surface area (Å²) in [5, 5.41) is 32.0. The Hall–Kier alpha value is -4.11. The van der Waals surface area contributed by atoms with E-state index >= 15 is 0 Å². The smallest absolute Gasteiger partial charge is 0.405 e. The number of nitriles is 1. The predicted octanol–water partition coefficient (Wildman–Crippen LogP) is 2.57. The van der Waals surface area contributed by atoms with E-state index in [-0.39, 0.29) is 23.8 Å². The van der Waals surface area contributed by atoms with Gasteiger partial charge in [-0.15, -0.1) is 5.10 Å². The molecule has 172 valence electrons. The third-order valence-corrected chi connectivity index (χ3v) is 5.36. The van der Waals surface area contributed by atoms with Crippen LogP contribution in [-0.4, -0.2) is 58.4 Å². The van der Waals surface area contributed by atoms with Crippen LogP contribution in [-0.2, 0) is 11.8 Å². The molecule has 4 N–H and O–H groups in total. The molecule has 1 amide bonds. The Morgan fingerprint density at radius 3 is 2.91 bits per heavy atom. The third-order valence-electron chi connectivity index (χ3n) is 5.36. The van der Waals surface area contributed by atoms with Gasteiger partial charge in [-0.05, 0) is 30.7 Å². The van der Waals surface area contributed by atoms with Crippen LogP contribution < -0.4 is 20.7 Å². The van der Waals surface area contributed by atoms with Crippen molar-refractivity contribution in [2.45, 2.75) is 18.5 Å². The van der Waals surface area contributed by atoms with Crippen molar-refractivity contribution in [2.24, 2.45) is 7.05 Å². The van der Waals surface area contributed by atoms with Gasteiger partial charge >= 0.3 is 6.09 Å². The fourth-order valence-electron chi connectivity index (χ4n) is 3.76. The first-order valence-corrected chi connectivity index (χ1v) is 10.1. The van der Waals surface area contributed by atoms with E-state index in [4.69, 9.17) is 14.6 Å². The van der Waals surface area contributed by atoms with Crippen LogP contribution >= 0.6 is 0 Å². The van der Waals surface area contributed by atoms with E-state index in [2.05, 4.69) is 26.0 Å². The summed E-state index contributed by atoms with van der Waals surface area (Å²) in [7, 11) is 3.33. The Bertz CT molecular complexity index is 1240. The van der Waals surface area contributed by atoms with Gasteiger partial charge in [0.05, 0.1) is 42.3 Å². The van der Waals surface area contributed by atoms with Gasteiger partial charge in [0.15, 0.2) is 17.5 Å². The lowest BCUT2D eigenvalue weighted by atomic mass is 10.0. The minimum Gasteiger partial charge on any atom is -0.479 e.